The first-order valence-electron chi connectivity index (χ1n) is 10.1. The lowest BCUT2D eigenvalue weighted by molar-refractivity contribution is 0.146. The molecule has 3 rings (SSSR count). The quantitative estimate of drug-likeness (QED) is 0.279. The van der Waals surface area contributed by atoms with E-state index in [-0.39, 0.29) is 42.2 Å². The topological polar surface area (TPSA) is 92.6 Å². The van der Waals surface area contributed by atoms with Gasteiger partial charge >= 0.3 is 6.09 Å². The molecule has 164 valence electrons. The van der Waals surface area contributed by atoms with E-state index in [4.69, 9.17) is 4.74 Å². The number of nitrogens with one attached hydrogen (secondary N) is 3. The van der Waals surface area contributed by atoms with Crippen molar-refractivity contribution in [3.8, 4) is 5.69 Å². The van der Waals surface area contributed by atoms with Crippen LogP contribution in [0.25, 0.3) is 5.69 Å². The lowest BCUT2D eigenvalue weighted by Crippen LogP contribution is -2.48. The van der Waals surface area contributed by atoms with Gasteiger partial charge in [0, 0.05) is 26.0 Å². The summed E-state index contributed by atoms with van der Waals surface area (Å²) in [6.07, 6.45) is 5.58. The Morgan fingerprint density at radius 1 is 1.33 bits per heavy atom. The Balaban J connectivity index is 0.00000320. The van der Waals surface area contributed by atoms with E-state index in [1.54, 1.807) is 20.2 Å². The fourth-order valence-corrected chi connectivity index (χ4v) is 3.21. The van der Waals surface area contributed by atoms with Crippen molar-refractivity contribution in [2.75, 3.05) is 20.2 Å². The molecule has 0 aliphatic heterocycles. The number of hydrogen-bond acceptors (Lipinski definition) is 4. The summed E-state index contributed by atoms with van der Waals surface area (Å²) in [6.45, 7) is 4.86. The van der Waals surface area contributed by atoms with Gasteiger partial charge in [-0.05, 0) is 56.4 Å². The number of aromatic nitrogens is 2. The first-order chi connectivity index (χ1) is 14.1. The van der Waals surface area contributed by atoms with E-state index in [1.807, 2.05) is 29.1 Å². The molecule has 0 bridgehead atoms. The van der Waals surface area contributed by atoms with Crippen molar-refractivity contribution in [2.45, 2.75) is 38.8 Å². The Morgan fingerprint density at radius 3 is 2.77 bits per heavy atom. The molecule has 2 aromatic rings. The van der Waals surface area contributed by atoms with E-state index in [9.17, 15) is 4.79 Å². The number of alkyl carbamates (subject to hydrolysis) is 1. The summed E-state index contributed by atoms with van der Waals surface area (Å²) >= 11 is 0. The SMILES string of the molecule is CCOC(=O)NC(CNC(=NC)NC(C)c1cccc(-n2cccn2)c1)C1CC1.I. The maximum Gasteiger partial charge on any atom is 0.407 e. The van der Waals surface area contributed by atoms with Gasteiger partial charge in [-0.25, -0.2) is 9.48 Å². The van der Waals surface area contributed by atoms with Crippen LogP contribution in [-0.4, -0.2) is 48.1 Å². The number of guanidine groups is 1. The van der Waals surface area contributed by atoms with Crippen molar-refractivity contribution in [1.29, 1.82) is 0 Å². The van der Waals surface area contributed by atoms with Gasteiger partial charge in [-0.1, -0.05) is 12.1 Å². The smallest absolute Gasteiger partial charge is 0.407 e. The van der Waals surface area contributed by atoms with Crippen molar-refractivity contribution in [1.82, 2.24) is 25.7 Å². The number of benzene rings is 1. The average molecular weight is 526 g/mol. The number of halogens is 1. The number of aliphatic imine (C=N–C) groups is 1. The van der Waals surface area contributed by atoms with Crippen LogP contribution >= 0.6 is 24.0 Å². The number of hydrogen-bond donors (Lipinski definition) is 3. The number of nitrogens with zero attached hydrogens (tertiary/aromatic N) is 3. The maximum atomic E-state index is 11.8. The van der Waals surface area contributed by atoms with E-state index in [2.05, 4.69) is 45.1 Å². The van der Waals surface area contributed by atoms with Crippen LogP contribution in [0.1, 0.15) is 38.3 Å². The molecule has 8 nitrogen and oxygen atoms in total. The van der Waals surface area contributed by atoms with Crippen LogP contribution in [-0.2, 0) is 4.74 Å². The van der Waals surface area contributed by atoms with Gasteiger partial charge in [0.25, 0.3) is 0 Å². The summed E-state index contributed by atoms with van der Waals surface area (Å²) in [5, 5.41) is 14.0. The van der Waals surface area contributed by atoms with Crippen molar-refractivity contribution >= 4 is 36.0 Å². The van der Waals surface area contributed by atoms with Crippen molar-refractivity contribution in [2.24, 2.45) is 10.9 Å². The highest BCUT2D eigenvalue weighted by atomic mass is 127. The molecule has 1 amide bonds. The number of carbonyl (C=O) groups is 1. The molecule has 0 spiro atoms. The molecule has 1 saturated carbocycles. The number of ether oxygens (including phenoxy) is 1. The third-order valence-corrected chi connectivity index (χ3v) is 4.98. The minimum Gasteiger partial charge on any atom is -0.450 e. The lowest BCUT2D eigenvalue weighted by Gasteiger charge is -2.22. The number of amides is 1. The van der Waals surface area contributed by atoms with Gasteiger partial charge in [0.2, 0.25) is 0 Å². The molecule has 1 aromatic carbocycles. The van der Waals surface area contributed by atoms with Crippen LogP contribution in [0.2, 0.25) is 0 Å². The van der Waals surface area contributed by atoms with Gasteiger partial charge in [-0.3, -0.25) is 4.99 Å². The molecule has 2 unspecified atom stereocenters. The molecule has 0 saturated heterocycles. The van der Waals surface area contributed by atoms with Gasteiger partial charge in [-0.2, -0.15) is 5.10 Å². The van der Waals surface area contributed by atoms with Gasteiger partial charge < -0.3 is 20.7 Å². The van der Waals surface area contributed by atoms with Gasteiger partial charge in [-0.15, -0.1) is 24.0 Å². The highest BCUT2D eigenvalue weighted by Crippen LogP contribution is 2.32. The van der Waals surface area contributed by atoms with Crippen LogP contribution in [0.3, 0.4) is 0 Å². The first kappa shape index (κ1) is 24.0. The minimum atomic E-state index is -0.363. The molecule has 1 aliphatic rings. The molecule has 3 N–H and O–H groups in total. The Labute approximate surface area is 194 Å². The molecule has 30 heavy (non-hydrogen) atoms. The molecule has 1 fully saturated rings. The predicted octanol–water partition coefficient (Wildman–Crippen LogP) is 3.24. The minimum absolute atomic E-state index is 0. The summed E-state index contributed by atoms with van der Waals surface area (Å²) in [5.74, 6) is 1.19. The molecular weight excluding hydrogens is 495 g/mol. The molecule has 2 atom stereocenters. The monoisotopic (exact) mass is 526 g/mol. The Hall–Kier alpha value is -2.30. The normalized spacial score (nSPS) is 15.5. The van der Waals surface area contributed by atoms with Crippen molar-refractivity contribution in [3.05, 3.63) is 48.3 Å². The van der Waals surface area contributed by atoms with Crippen LogP contribution in [0.4, 0.5) is 4.79 Å². The highest BCUT2D eigenvalue weighted by molar-refractivity contribution is 14.0. The van der Waals surface area contributed by atoms with E-state index < -0.39 is 0 Å². The van der Waals surface area contributed by atoms with Crippen molar-refractivity contribution in [3.63, 3.8) is 0 Å². The first-order valence-corrected chi connectivity index (χ1v) is 10.1. The van der Waals surface area contributed by atoms with Gasteiger partial charge in [0.1, 0.15) is 0 Å². The van der Waals surface area contributed by atoms with Gasteiger partial charge in [0.05, 0.1) is 24.4 Å². The summed E-state index contributed by atoms with van der Waals surface area (Å²) in [6, 6.07) is 10.2. The predicted molar refractivity (Wildman–Crippen MR) is 129 cm³/mol. The highest BCUT2D eigenvalue weighted by Gasteiger charge is 2.32. The zero-order valence-electron chi connectivity index (χ0n) is 17.7. The van der Waals surface area contributed by atoms with Gasteiger partial charge in [0.15, 0.2) is 5.96 Å². The summed E-state index contributed by atoms with van der Waals surface area (Å²) in [4.78, 5) is 16.1. The van der Waals surface area contributed by atoms with Crippen LogP contribution in [0, 0.1) is 5.92 Å². The Bertz CT molecular complexity index is 823. The maximum absolute atomic E-state index is 11.8. The largest absolute Gasteiger partial charge is 0.450 e. The second kappa shape index (κ2) is 11.8. The summed E-state index contributed by atoms with van der Waals surface area (Å²) in [7, 11) is 1.74. The van der Waals surface area contributed by atoms with Crippen molar-refractivity contribution < 1.29 is 9.53 Å². The fraction of sp³-hybridized carbons (Fsp3) is 0.476. The molecule has 9 heteroatoms. The van der Waals surface area contributed by atoms with Crippen LogP contribution in [0.5, 0.6) is 0 Å². The lowest BCUT2D eigenvalue weighted by atomic mass is 10.1. The van der Waals surface area contributed by atoms with E-state index in [1.165, 1.54) is 0 Å². The molecule has 1 heterocycles. The third-order valence-electron chi connectivity index (χ3n) is 4.98. The number of rotatable bonds is 8. The fourth-order valence-electron chi connectivity index (χ4n) is 3.21. The van der Waals surface area contributed by atoms with E-state index in [0.29, 0.717) is 25.0 Å². The summed E-state index contributed by atoms with van der Waals surface area (Å²) < 4.78 is 6.85. The zero-order valence-corrected chi connectivity index (χ0v) is 20.0. The second-order valence-electron chi connectivity index (χ2n) is 7.17. The molecule has 0 radical (unpaired) electrons. The molecular formula is C21H31IN6O2. The summed E-state index contributed by atoms with van der Waals surface area (Å²) in [5.41, 5.74) is 2.14. The second-order valence-corrected chi connectivity index (χ2v) is 7.17. The Kier molecular flexibility index (Phi) is 9.41. The number of carbonyl (C=O) groups excluding carboxylic acids is 1. The van der Waals surface area contributed by atoms with E-state index >= 15 is 0 Å². The third kappa shape index (κ3) is 6.89. The van der Waals surface area contributed by atoms with E-state index in [0.717, 1.165) is 24.1 Å². The zero-order chi connectivity index (χ0) is 20.6. The van der Waals surface area contributed by atoms with Crippen LogP contribution < -0.4 is 16.0 Å². The average Bonchev–Trinajstić information content (AvgIpc) is 3.43. The molecule has 1 aliphatic carbocycles. The molecule has 1 aromatic heterocycles. The van der Waals surface area contributed by atoms with Crippen LogP contribution in [0.15, 0.2) is 47.7 Å². The Morgan fingerprint density at radius 2 is 2.13 bits per heavy atom. The standard InChI is InChI=1S/C21H30N6O2.HI/c1-4-29-21(28)26-19(16-9-10-16)14-23-20(22-3)25-15(2)17-7-5-8-18(13-17)27-12-6-11-24-27;/h5-8,11-13,15-16,19H,4,9-10,14H2,1-3H3,(H,26,28)(H2,22,23,25);1H.